The van der Waals surface area contributed by atoms with Crippen molar-refractivity contribution < 1.29 is 9.59 Å². The first-order valence-electron chi connectivity index (χ1n) is 5.50. The second-order valence-electron chi connectivity index (χ2n) is 3.88. The highest BCUT2D eigenvalue weighted by Crippen LogP contribution is 2.10. The summed E-state index contributed by atoms with van der Waals surface area (Å²) in [7, 11) is 0. The fourth-order valence-electron chi connectivity index (χ4n) is 1.66. The molecule has 0 saturated heterocycles. The quantitative estimate of drug-likeness (QED) is 0.594. The standard InChI is InChI=1S/C12H18O2/c13-11-7-4-2-1-3-5-8-12(14)10-6-9-11/h6,9H,1-5,7-8,10H2/b9-6+. The molecule has 0 spiro atoms. The van der Waals surface area contributed by atoms with E-state index in [0.717, 1.165) is 32.1 Å². The van der Waals surface area contributed by atoms with Crippen LogP contribution in [0.2, 0.25) is 0 Å². The fourth-order valence-corrected chi connectivity index (χ4v) is 1.66. The summed E-state index contributed by atoms with van der Waals surface area (Å²) in [6.45, 7) is 0. The normalized spacial score (nSPS) is 23.7. The average molecular weight is 194 g/mol. The summed E-state index contributed by atoms with van der Waals surface area (Å²) in [5, 5.41) is 0. The van der Waals surface area contributed by atoms with Gasteiger partial charge in [0.1, 0.15) is 5.78 Å². The maximum absolute atomic E-state index is 11.2. The lowest BCUT2D eigenvalue weighted by atomic mass is 10.0. The maximum atomic E-state index is 11.2. The molecule has 0 aromatic rings. The van der Waals surface area contributed by atoms with E-state index < -0.39 is 0 Å². The molecule has 0 radical (unpaired) electrons. The summed E-state index contributed by atoms with van der Waals surface area (Å²) in [5.41, 5.74) is 0. The average Bonchev–Trinajstić information content (AvgIpc) is 2.14. The highest BCUT2D eigenvalue weighted by Gasteiger charge is 2.02. The van der Waals surface area contributed by atoms with E-state index in [1.807, 2.05) is 0 Å². The molecule has 0 saturated carbocycles. The van der Waals surface area contributed by atoms with Crippen LogP contribution in [0.4, 0.5) is 0 Å². The Kier molecular flexibility index (Phi) is 5.20. The molecular formula is C12H18O2. The first-order chi connectivity index (χ1) is 6.79. The van der Waals surface area contributed by atoms with E-state index in [0.29, 0.717) is 19.3 Å². The van der Waals surface area contributed by atoms with Crippen molar-refractivity contribution in [2.75, 3.05) is 0 Å². The molecule has 0 heterocycles. The molecule has 0 bridgehead atoms. The van der Waals surface area contributed by atoms with Crippen molar-refractivity contribution >= 4 is 11.6 Å². The Morgan fingerprint density at radius 3 is 2.29 bits per heavy atom. The third kappa shape index (κ3) is 4.95. The van der Waals surface area contributed by atoms with Crippen molar-refractivity contribution in [1.82, 2.24) is 0 Å². The van der Waals surface area contributed by atoms with Crippen molar-refractivity contribution in [3.05, 3.63) is 12.2 Å². The number of carbonyl (C=O) groups is 2. The van der Waals surface area contributed by atoms with E-state index >= 15 is 0 Å². The van der Waals surface area contributed by atoms with Gasteiger partial charge in [-0.25, -0.2) is 0 Å². The molecule has 14 heavy (non-hydrogen) atoms. The van der Waals surface area contributed by atoms with Crippen LogP contribution in [0.5, 0.6) is 0 Å². The number of allylic oxidation sites excluding steroid dienone is 2. The van der Waals surface area contributed by atoms with Crippen LogP contribution >= 0.6 is 0 Å². The Labute approximate surface area is 85.4 Å². The SMILES string of the molecule is O=C1/C=C/CC(=O)CCCCCCC1. The van der Waals surface area contributed by atoms with Crippen LogP contribution < -0.4 is 0 Å². The van der Waals surface area contributed by atoms with Crippen LogP contribution in [-0.4, -0.2) is 11.6 Å². The molecular weight excluding hydrogens is 176 g/mol. The Bertz CT molecular complexity index is 228. The van der Waals surface area contributed by atoms with Crippen LogP contribution in [0.3, 0.4) is 0 Å². The van der Waals surface area contributed by atoms with Gasteiger partial charge in [0.15, 0.2) is 5.78 Å². The summed E-state index contributed by atoms with van der Waals surface area (Å²) >= 11 is 0. The maximum Gasteiger partial charge on any atom is 0.155 e. The van der Waals surface area contributed by atoms with Gasteiger partial charge in [-0.3, -0.25) is 9.59 Å². The van der Waals surface area contributed by atoms with Crippen LogP contribution in [0.15, 0.2) is 12.2 Å². The molecule has 2 nitrogen and oxygen atoms in total. The Balaban J connectivity index is 2.40. The number of hydrogen-bond acceptors (Lipinski definition) is 2. The van der Waals surface area contributed by atoms with E-state index in [1.165, 1.54) is 0 Å². The highest BCUT2D eigenvalue weighted by atomic mass is 16.1. The van der Waals surface area contributed by atoms with Gasteiger partial charge in [-0.15, -0.1) is 0 Å². The summed E-state index contributed by atoms with van der Waals surface area (Å²) < 4.78 is 0. The molecule has 2 heteroatoms. The molecule has 0 fully saturated rings. The van der Waals surface area contributed by atoms with Gasteiger partial charge >= 0.3 is 0 Å². The van der Waals surface area contributed by atoms with E-state index in [1.54, 1.807) is 12.2 Å². The number of rotatable bonds is 0. The van der Waals surface area contributed by atoms with Gasteiger partial charge in [0, 0.05) is 19.3 Å². The molecule has 1 aliphatic rings. The molecule has 1 rings (SSSR count). The second-order valence-corrected chi connectivity index (χ2v) is 3.88. The van der Waals surface area contributed by atoms with E-state index in [4.69, 9.17) is 0 Å². The molecule has 0 aromatic carbocycles. The third-order valence-electron chi connectivity index (χ3n) is 2.53. The predicted octanol–water partition coefficient (Wildman–Crippen LogP) is 2.82. The van der Waals surface area contributed by atoms with Crippen LogP contribution in [0.25, 0.3) is 0 Å². The van der Waals surface area contributed by atoms with Crippen molar-refractivity contribution in [2.45, 2.75) is 51.4 Å². The zero-order valence-electron chi connectivity index (χ0n) is 8.63. The molecule has 0 N–H and O–H groups in total. The Hall–Kier alpha value is -0.920. The minimum Gasteiger partial charge on any atom is -0.299 e. The topological polar surface area (TPSA) is 34.1 Å². The predicted molar refractivity (Wildman–Crippen MR) is 56.1 cm³/mol. The molecule has 0 amide bonds. The summed E-state index contributed by atoms with van der Waals surface area (Å²) in [5.74, 6) is 0.424. The zero-order valence-corrected chi connectivity index (χ0v) is 8.63. The van der Waals surface area contributed by atoms with E-state index in [9.17, 15) is 9.59 Å². The monoisotopic (exact) mass is 194 g/mol. The van der Waals surface area contributed by atoms with Crippen LogP contribution in [0.1, 0.15) is 51.4 Å². The smallest absolute Gasteiger partial charge is 0.155 e. The van der Waals surface area contributed by atoms with Gasteiger partial charge in [0.2, 0.25) is 0 Å². The van der Waals surface area contributed by atoms with Gasteiger partial charge in [0.05, 0.1) is 0 Å². The Morgan fingerprint density at radius 2 is 1.50 bits per heavy atom. The minimum absolute atomic E-state index is 0.165. The third-order valence-corrected chi connectivity index (χ3v) is 2.53. The number of Topliss-reactive ketones (excluding diaryl/α,β-unsaturated/α-hetero) is 1. The lowest BCUT2D eigenvalue weighted by molar-refractivity contribution is -0.118. The summed E-state index contributed by atoms with van der Waals surface area (Å²) in [6, 6.07) is 0. The van der Waals surface area contributed by atoms with Crippen LogP contribution in [-0.2, 0) is 9.59 Å². The lowest BCUT2D eigenvalue weighted by Gasteiger charge is -2.02. The minimum atomic E-state index is 0.165. The van der Waals surface area contributed by atoms with E-state index in [2.05, 4.69) is 0 Å². The molecule has 0 atom stereocenters. The zero-order chi connectivity index (χ0) is 10.2. The summed E-state index contributed by atoms with van der Waals surface area (Å²) in [6.07, 6.45) is 10.5. The molecule has 1 aliphatic carbocycles. The Morgan fingerprint density at radius 1 is 0.857 bits per heavy atom. The van der Waals surface area contributed by atoms with Crippen LogP contribution in [0, 0.1) is 0 Å². The van der Waals surface area contributed by atoms with E-state index in [-0.39, 0.29) is 11.6 Å². The number of hydrogen-bond donors (Lipinski definition) is 0. The summed E-state index contributed by atoms with van der Waals surface area (Å²) in [4.78, 5) is 22.5. The number of ketones is 2. The molecule has 0 aromatic heterocycles. The van der Waals surface area contributed by atoms with Crippen molar-refractivity contribution in [3.8, 4) is 0 Å². The lowest BCUT2D eigenvalue weighted by Crippen LogP contribution is -1.98. The van der Waals surface area contributed by atoms with Gasteiger partial charge in [-0.1, -0.05) is 25.3 Å². The molecule has 0 unspecified atom stereocenters. The van der Waals surface area contributed by atoms with Crippen molar-refractivity contribution in [2.24, 2.45) is 0 Å². The number of carbonyl (C=O) groups excluding carboxylic acids is 2. The fraction of sp³-hybridized carbons (Fsp3) is 0.667. The van der Waals surface area contributed by atoms with Gasteiger partial charge in [0.25, 0.3) is 0 Å². The first kappa shape index (κ1) is 11.2. The van der Waals surface area contributed by atoms with Gasteiger partial charge < -0.3 is 0 Å². The molecule has 0 aliphatic heterocycles. The van der Waals surface area contributed by atoms with Gasteiger partial charge in [-0.05, 0) is 18.9 Å². The first-order valence-corrected chi connectivity index (χ1v) is 5.50. The van der Waals surface area contributed by atoms with Crippen molar-refractivity contribution in [1.29, 1.82) is 0 Å². The highest BCUT2D eigenvalue weighted by molar-refractivity contribution is 5.90. The largest absolute Gasteiger partial charge is 0.299 e. The van der Waals surface area contributed by atoms with Crippen molar-refractivity contribution in [3.63, 3.8) is 0 Å². The molecule has 78 valence electrons. The second kappa shape index (κ2) is 6.52. The van der Waals surface area contributed by atoms with Gasteiger partial charge in [-0.2, -0.15) is 0 Å².